The zero-order valence-corrected chi connectivity index (χ0v) is 18.0. The van der Waals surface area contributed by atoms with E-state index in [0.717, 1.165) is 49.7 Å². The van der Waals surface area contributed by atoms with Crippen LogP contribution in [0, 0.1) is 0 Å². The number of nitrogens with zero attached hydrogens (tertiary/aromatic N) is 1. The number of nitrogens with one attached hydrogen (secondary N) is 2. The summed E-state index contributed by atoms with van der Waals surface area (Å²) in [7, 11) is 0. The molecule has 0 amide bonds. The van der Waals surface area contributed by atoms with Crippen LogP contribution >= 0.6 is 36.4 Å². The van der Waals surface area contributed by atoms with Gasteiger partial charge in [-0.1, -0.05) is 54.9 Å². The molecule has 3 rings (SSSR count). The molecule has 1 aromatic heterocycles. The summed E-state index contributed by atoms with van der Waals surface area (Å²) in [4.78, 5) is 0. The fourth-order valence-corrected chi connectivity index (χ4v) is 3.34. The average molecular weight is 429 g/mol. The minimum Gasteiger partial charge on any atom is -0.343 e. The van der Waals surface area contributed by atoms with Crippen LogP contribution in [-0.4, -0.2) is 24.2 Å². The molecule has 148 valence electrons. The van der Waals surface area contributed by atoms with Gasteiger partial charge < -0.3 is 15.2 Å². The van der Waals surface area contributed by atoms with Crippen molar-refractivity contribution in [3.05, 3.63) is 70.9 Å². The quantitative estimate of drug-likeness (QED) is 0.454. The number of para-hydroxylation sites is 1. The standard InChI is InChI=1S/C21H26ClN3.2ClH/c1-2-23-12-7-13-24-14-18-16-25(21-11-6-4-9-19(18)21)15-17-8-3-5-10-20(17)22;;/h3-6,8-11,16,23-24H,2,7,12-15H2,1H3;2*1H. The van der Waals surface area contributed by atoms with Crippen molar-refractivity contribution in [2.24, 2.45) is 0 Å². The highest BCUT2D eigenvalue weighted by molar-refractivity contribution is 6.31. The summed E-state index contributed by atoms with van der Waals surface area (Å²) >= 11 is 6.34. The number of aromatic nitrogens is 1. The van der Waals surface area contributed by atoms with Crippen LogP contribution < -0.4 is 10.6 Å². The monoisotopic (exact) mass is 427 g/mol. The van der Waals surface area contributed by atoms with E-state index in [-0.39, 0.29) is 24.8 Å². The Hall–Kier alpha value is -1.23. The van der Waals surface area contributed by atoms with Gasteiger partial charge in [0, 0.05) is 35.2 Å². The van der Waals surface area contributed by atoms with E-state index in [1.807, 2.05) is 18.2 Å². The molecule has 3 nitrogen and oxygen atoms in total. The molecule has 0 saturated heterocycles. The molecule has 0 saturated carbocycles. The normalized spacial score (nSPS) is 10.4. The SMILES string of the molecule is CCNCCCNCc1cn(Cc2ccccc2Cl)c2ccccc12.Cl.Cl. The van der Waals surface area contributed by atoms with E-state index < -0.39 is 0 Å². The lowest BCUT2D eigenvalue weighted by molar-refractivity contribution is 0.606. The van der Waals surface area contributed by atoms with Crippen molar-refractivity contribution in [3.8, 4) is 0 Å². The lowest BCUT2D eigenvalue weighted by Gasteiger charge is -2.07. The number of hydrogen-bond acceptors (Lipinski definition) is 2. The van der Waals surface area contributed by atoms with Crippen molar-refractivity contribution in [1.82, 2.24) is 15.2 Å². The number of fused-ring (bicyclic) bond motifs is 1. The number of benzene rings is 2. The second-order valence-electron chi connectivity index (χ2n) is 6.27. The summed E-state index contributed by atoms with van der Waals surface area (Å²) in [6.07, 6.45) is 3.40. The Kier molecular flexibility index (Phi) is 10.8. The summed E-state index contributed by atoms with van der Waals surface area (Å²) in [6.45, 7) is 6.95. The van der Waals surface area contributed by atoms with E-state index in [1.165, 1.54) is 16.5 Å². The second-order valence-corrected chi connectivity index (χ2v) is 6.68. The molecule has 0 radical (unpaired) electrons. The van der Waals surface area contributed by atoms with Crippen LogP contribution in [0.15, 0.2) is 54.7 Å². The highest BCUT2D eigenvalue weighted by Crippen LogP contribution is 2.24. The van der Waals surface area contributed by atoms with Gasteiger partial charge in [0.1, 0.15) is 0 Å². The van der Waals surface area contributed by atoms with Gasteiger partial charge in [-0.3, -0.25) is 0 Å². The minimum atomic E-state index is 0. The zero-order valence-electron chi connectivity index (χ0n) is 15.6. The molecule has 2 aromatic carbocycles. The molecule has 0 aliphatic carbocycles. The topological polar surface area (TPSA) is 29.0 Å². The summed E-state index contributed by atoms with van der Waals surface area (Å²) in [5.41, 5.74) is 3.74. The first-order valence-electron chi connectivity index (χ1n) is 9.01. The smallest absolute Gasteiger partial charge is 0.0491 e. The average Bonchev–Trinajstić information content (AvgIpc) is 2.98. The first-order chi connectivity index (χ1) is 12.3. The summed E-state index contributed by atoms with van der Waals surface area (Å²) < 4.78 is 2.30. The van der Waals surface area contributed by atoms with Crippen molar-refractivity contribution in [3.63, 3.8) is 0 Å². The van der Waals surface area contributed by atoms with Crippen molar-refractivity contribution in [2.75, 3.05) is 19.6 Å². The fourth-order valence-electron chi connectivity index (χ4n) is 3.14. The Morgan fingerprint density at radius 1 is 0.889 bits per heavy atom. The molecule has 27 heavy (non-hydrogen) atoms. The third kappa shape index (κ3) is 6.41. The molecule has 3 aromatic rings. The molecule has 0 unspecified atom stereocenters. The Labute approximate surface area is 179 Å². The molecule has 0 fully saturated rings. The van der Waals surface area contributed by atoms with Crippen LogP contribution in [0.2, 0.25) is 5.02 Å². The van der Waals surface area contributed by atoms with Gasteiger partial charge in [-0.05, 0) is 49.3 Å². The maximum atomic E-state index is 6.34. The first kappa shape index (κ1) is 23.8. The van der Waals surface area contributed by atoms with Crippen molar-refractivity contribution >= 4 is 47.3 Å². The molecular weight excluding hydrogens is 401 g/mol. The van der Waals surface area contributed by atoms with Gasteiger partial charge in [-0.25, -0.2) is 0 Å². The highest BCUT2D eigenvalue weighted by Gasteiger charge is 2.09. The molecular formula is C21H28Cl3N3. The lowest BCUT2D eigenvalue weighted by Crippen LogP contribution is -2.21. The van der Waals surface area contributed by atoms with Crippen molar-refractivity contribution < 1.29 is 0 Å². The third-order valence-electron chi connectivity index (χ3n) is 4.44. The zero-order chi connectivity index (χ0) is 17.5. The van der Waals surface area contributed by atoms with Crippen molar-refractivity contribution in [1.29, 1.82) is 0 Å². The van der Waals surface area contributed by atoms with Crippen LogP contribution in [0.25, 0.3) is 10.9 Å². The van der Waals surface area contributed by atoms with Gasteiger partial charge in [-0.15, -0.1) is 24.8 Å². The van der Waals surface area contributed by atoms with E-state index in [4.69, 9.17) is 11.6 Å². The molecule has 0 spiro atoms. The summed E-state index contributed by atoms with van der Waals surface area (Å²) in [5.74, 6) is 0. The van der Waals surface area contributed by atoms with Crippen LogP contribution in [0.3, 0.4) is 0 Å². The van der Waals surface area contributed by atoms with E-state index in [9.17, 15) is 0 Å². The van der Waals surface area contributed by atoms with Gasteiger partial charge >= 0.3 is 0 Å². The molecule has 0 aliphatic rings. The largest absolute Gasteiger partial charge is 0.343 e. The number of hydrogen-bond donors (Lipinski definition) is 2. The van der Waals surface area contributed by atoms with Gasteiger partial charge in [0.15, 0.2) is 0 Å². The second kappa shape index (κ2) is 12.3. The van der Waals surface area contributed by atoms with Crippen LogP contribution in [0.1, 0.15) is 24.5 Å². The van der Waals surface area contributed by atoms with Crippen LogP contribution in [0.4, 0.5) is 0 Å². The predicted octanol–water partition coefficient (Wildman–Crippen LogP) is 5.28. The summed E-state index contributed by atoms with van der Waals surface area (Å²) in [5, 5.41) is 9.05. The van der Waals surface area contributed by atoms with E-state index >= 15 is 0 Å². The third-order valence-corrected chi connectivity index (χ3v) is 4.81. The van der Waals surface area contributed by atoms with E-state index in [1.54, 1.807) is 0 Å². The van der Waals surface area contributed by atoms with Crippen molar-refractivity contribution in [2.45, 2.75) is 26.4 Å². The molecule has 2 N–H and O–H groups in total. The molecule has 6 heteroatoms. The highest BCUT2D eigenvalue weighted by atomic mass is 35.5. The Morgan fingerprint density at radius 3 is 2.37 bits per heavy atom. The van der Waals surface area contributed by atoms with Gasteiger partial charge in [0.2, 0.25) is 0 Å². The first-order valence-corrected chi connectivity index (χ1v) is 9.39. The van der Waals surface area contributed by atoms with Crippen LogP contribution in [0.5, 0.6) is 0 Å². The molecule has 0 aliphatic heterocycles. The Morgan fingerprint density at radius 2 is 1.59 bits per heavy atom. The summed E-state index contributed by atoms with van der Waals surface area (Å²) in [6, 6.07) is 16.7. The van der Waals surface area contributed by atoms with Crippen LogP contribution in [-0.2, 0) is 13.1 Å². The number of halogens is 3. The Balaban J connectivity index is 0.00000182. The predicted molar refractivity (Wildman–Crippen MR) is 122 cm³/mol. The minimum absolute atomic E-state index is 0. The molecule has 0 bridgehead atoms. The number of rotatable bonds is 9. The molecule has 1 heterocycles. The Bertz CT molecular complexity index is 817. The van der Waals surface area contributed by atoms with Gasteiger partial charge in [-0.2, -0.15) is 0 Å². The lowest BCUT2D eigenvalue weighted by atomic mass is 10.2. The molecule has 0 atom stereocenters. The fraction of sp³-hybridized carbons (Fsp3) is 0.333. The van der Waals surface area contributed by atoms with Gasteiger partial charge in [0.05, 0.1) is 0 Å². The maximum Gasteiger partial charge on any atom is 0.0491 e. The van der Waals surface area contributed by atoms with E-state index in [2.05, 4.69) is 58.7 Å². The van der Waals surface area contributed by atoms with Gasteiger partial charge in [0.25, 0.3) is 0 Å². The maximum absolute atomic E-state index is 6.34. The van der Waals surface area contributed by atoms with E-state index in [0.29, 0.717) is 0 Å².